The van der Waals surface area contributed by atoms with Crippen LogP contribution in [0.15, 0.2) is 134 Å². The molecule has 3 N–H and O–H groups in total. The van der Waals surface area contributed by atoms with Crippen molar-refractivity contribution in [2.75, 3.05) is 39.6 Å². The minimum atomic E-state index is -4.99. The van der Waals surface area contributed by atoms with E-state index in [1.54, 1.807) is 0 Å². The molecule has 0 aromatic carbocycles. The minimum absolute atomic E-state index is 0.0355. The van der Waals surface area contributed by atoms with Crippen LogP contribution in [0.25, 0.3) is 0 Å². The van der Waals surface area contributed by atoms with Gasteiger partial charge in [0.25, 0.3) is 0 Å². The van der Waals surface area contributed by atoms with Crippen LogP contribution in [-0.2, 0) is 65.4 Å². The van der Waals surface area contributed by atoms with Crippen molar-refractivity contribution in [1.82, 2.24) is 0 Å². The molecule has 0 heterocycles. The molecule has 0 aliphatic rings. The van der Waals surface area contributed by atoms with Crippen LogP contribution in [-0.4, -0.2) is 96.7 Å². The van der Waals surface area contributed by atoms with Gasteiger partial charge in [-0.25, -0.2) is 9.13 Å². The van der Waals surface area contributed by atoms with Crippen molar-refractivity contribution in [3.63, 3.8) is 0 Å². The van der Waals surface area contributed by atoms with E-state index in [1.807, 2.05) is 0 Å². The lowest BCUT2D eigenvalue weighted by molar-refractivity contribution is -0.161. The molecule has 0 radical (unpaired) electrons. The smallest absolute Gasteiger partial charge is 0.462 e. The van der Waals surface area contributed by atoms with Crippen LogP contribution in [0.5, 0.6) is 0 Å². The second kappa shape index (κ2) is 72.5. The summed E-state index contributed by atoms with van der Waals surface area (Å²) in [6.07, 6.45) is 80.2. The average molecular weight is 1440 g/mol. The molecule has 0 saturated carbocycles. The van der Waals surface area contributed by atoms with Crippen LogP contribution in [0.1, 0.15) is 297 Å². The molecule has 0 aliphatic heterocycles. The summed E-state index contributed by atoms with van der Waals surface area (Å²) in [5.74, 6) is -2.27. The molecule has 19 heteroatoms. The molecule has 100 heavy (non-hydrogen) atoms. The van der Waals surface area contributed by atoms with E-state index in [4.69, 9.17) is 37.0 Å². The van der Waals surface area contributed by atoms with E-state index in [-0.39, 0.29) is 25.7 Å². The number of ether oxygens (including phenoxy) is 4. The number of hydrogen-bond donors (Lipinski definition) is 3. The summed E-state index contributed by atoms with van der Waals surface area (Å²) in [5.41, 5.74) is 0. The predicted molar refractivity (Wildman–Crippen MR) is 408 cm³/mol. The molecule has 5 unspecified atom stereocenters. The van der Waals surface area contributed by atoms with Gasteiger partial charge in [-0.05, 0) is 154 Å². The third kappa shape index (κ3) is 71.6. The van der Waals surface area contributed by atoms with Gasteiger partial charge < -0.3 is 33.8 Å². The topological polar surface area (TPSA) is 237 Å². The van der Waals surface area contributed by atoms with Crippen molar-refractivity contribution in [3.8, 4) is 0 Å². The first-order valence-electron chi connectivity index (χ1n) is 38.4. The van der Waals surface area contributed by atoms with Crippen LogP contribution in [0.4, 0.5) is 0 Å². The fourth-order valence-corrected chi connectivity index (χ4v) is 11.3. The van der Waals surface area contributed by atoms with Gasteiger partial charge in [0.2, 0.25) is 0 Å². The number of carbonyl (C=O) groups excluding carboxylic acids is 4. The molecule has 0 saturated heterocycles. The number of phosphoric ester groups is 2. The second-order valence-corrected chi connectivity index (χ2v) is 28.1. The number of allylic oxidation sites excluding steroid dienone is 22. The Hall–Kier alpha value is -4.80. The Morgan fingerprint density at radius 3 is 0.870 bits per heavy atom. The second-order valence-electron chi connectivity index (χ2n) is 25.2. The molecule has 0 aromatic rings. The molecule has 0 aromatic heterocycles. The van der Waals surface area contributed by atoms with Gasteiger partial charge in [-0.2, -0.15) is 0 Å². The van der Waals surface area contributed by atoms with Gasteiger partial charge in [0.05, 0.1) is 26.4 Å². The van der Waals surface area contributed by atoms with E-state index in [2.05, 4.69) is 161 Å². The summed E-state index contributed by atoms with van der Waals surface area (Å²) in [5, 5.41) is 10.6. The largest absolute Gasteiger partial charge is 0.472 e. The lowest BCUT2D eigenvalue weighted by Gasteiger charge is -2.21. The molecule has 0 spiro atoms. The zero-order valence-electron chi connectivity index (χ0n) is 62.3. The van der Waals surface area contributed by atoms with Gasteiger partial charge >= 0.3 is 39.5 Å². The SMILES string of the molecule is CC/C=C\C/C=C\C/C=C\C/C=C\CCCCCCCCC(=O)OCC(COP(=O)(O)OCC(O)COP(=O)(O)OCC(COC(=O)CCCCCCC/C=C\C/C=C\CCC)OC(=O)CCCCCCC/C=C\CCCCCC)OC(=O)CCCC/C=C\C/C=C\C/C=C\C/C=C\CC. The van der Waals surface area contributed by atoms with Crippen molar-refractivity contribution >= 4 is 39.5 Å². The molecule has 17 nitrogen and oxygen atoms in total. The summed E-state index contributed by atoms with van der Waals surface area (Å²) in [7, 11) is -9.98. The van der Waals surface area contributed by atoms with Gasteiger partial charge in [-0.15, -0.1) is 0 Å². The van der Waals surface area contributed by atoms with E-state index in [1.165, 1.54) is 25.7 Å². The number of carbonyl (C=O) groups is 4. The maximum Gasteiger partial charge on any atom is 0.472 e. The Morgan fingerprint density at radius 1 is 0.290 bits per heavy atom. The Labute approximate surface area is 605 Å². The highest BCUT2D eigenvalue weighted by Gasteiger charge is 2.30. The molecule has 0 amide bonds. The fraction of sp³-hybridized carbons (Fsp3) is 0.679. The van der Waals surface area contributed by atoms with Crippen LogP contribution in [0, 0.1) is 0 Å². The van der Waals surface area contributed by atoms with Gasteiger partial charge in [-0.1, -0.05) is 251 Å². The highest BCUT2D eigenvalue weighted by Crippen LogP contribution is 2.45. The van der Waals surface area contributed by atoms with Crippen molar-refractivity contribution < 1.29 is 80.2 Å². The number of phosphoric acid groups is 2. The highest BCUT2D eigenvalue weighted by molar-refractivity contribution is 7.47. The average Bonchev–Trinajstić information content (AvgIpc) is 0.946. The Kier molecular flexibility index (Phi) is 69.1. The van der Waals surface area contributed by atoms with E-state index >= 15 is 0 Å². The Balaban J connectivity index is 5.40. The summed E-state index contributed by atoms with van der Waals surface area (Å²) >= 11 is 0. The van der Waals surface area contributed by atoms with Crippen LogP contribution < -0.4 is 0 Å². The van der Waals surface area contributed by atoms with Crippen molar-refractivity contribution in [3.05, 3.63) is 134 Å². The number of aliphatic hydroxyl groups is 1. The molecule has 0 aliphatic carbocycles. The zero-order valence-corrected chi connectivity index (χ0v) is 64.1. The first-order valence-corrected chi connectivity index (χ1v) is 41.4. The number of esters is 4. The van der Waals surface area contributed by atoms with E-state index in [0.717, 1.165) is 186 Å². The van der Waals surface area contributed by atoms with E-state index in [0.29, 0.717) is 32.1 Å². The summed E-state index contributed by atoms with van der Waals surface area (Å²) < 4.78 is 68.4. The minimum Gasteiger partial charge on any atom is -0.462 e. The lowest BCUT2D eigenvalue weighted by atomic mass is 10.1. The lowest BCUT2D eigenvalue weighted by Crippen LogP contribution is -2.30. The van der Waals surface area contributed by atoms with Crippen LogP contribution in [0.2, 0.25) is 0 Å². The van der Waals surface area contributed by atoms with Crippen molar-refractivity contribution in [1.29, 1.82) is 0 Å². The van der Waals surface area contributed by atoms with Crippen LogP contribution >= 0.6 is 15.6 Å². The highest BCUT2D eigenvalue weighted by atomic mass is 31.2. The number of aliphatic hydroxyl groups excluding tert-OH is 1. The molecule has 0 rings (SSSR count). The molecular formula is C81H136O17P2. The first kappa shape index (κ1) is 95.2. The van der Waals surface area contributed by atoms with Crippen molar-refractivity contribution in [2.45, 2.75) is 316 Å². The van der Waals surface area contributed by atoms with Gasteiger partial charge in [0, 0.05) is 25.7 Å². The molecule has 5 atom stereocenters. The maximum atomic E-state index is 13.1. The summed E-state index contributed by atoms with van der Waals surface area (Å²) in [6.45, 7) is 4.47. The maximum absolute atomic E-state index is 13.1. The van der Waals surface area contributed by atoms with E-state index in [9.17, 15) is 43.2 Å². The third-order valence-corrected chi connectivity index (χ3v) is 17.5. The normalized spacial score (nSPS) is 14.7. The number of rotatable bonds is 71. The first-order chi connectivity index (χ1) is 48.7. The third-order valence-electron chi connectivity index (χ3n) is 15.6. The predicted octanol–water partition coefficient (Wildman–Crippen LogP) is 22.1. The van der Waals surface area contributed by atoms with Gasteiger partial charge in [0.1, 0.15) is 19.3 Å². The van der Waals surface area contributed by atoms with Crippen LogP contribution in [0.3, 0.4) is 0 Å². The Bertz CT molecular complexity index is 2420. The van der Waals surface area contributed by atoms with Crippen molar-refractivity contribution in [2.24, 2.45) is 0 Å². The standard InChI is InChI=1S/C81H136O17P2/c1-5-9-13-17-21-25-29-33-35-36-37-38-40-43-46-50-54-58-62-66-79(84)92-72-77(98-81(86)68-64-60-56-52-48-44-39-34-30-26-22-18-14-10-6-2)74-96-100(89,90)94-70-75(82)69-93-99(87,88)95-73-76(97-80(85)67-63-59-55-51-47-42-32-28-24-20-16-12-8-4)71-91-78(83)65-61-57-53-49-45-41-31-27-23-19-15-11-7-3/h9-10,13-15,19,21-22,25-28,31-35,37-39,48,52,75-77,82H,5-8,11-12,16-18,20,23-24,29-30,36,40-47,49-51,53-74H2,1-4H3,(H,87,88)(H,89,90)/b13-9-,14-10-,19-15-,25-21-,26-22-,31-27-,32-28-,35-33-,38-37-,39-34-,52-48-. The van der Waals surface area contributed by atoms with E-state index < -0.39 is 97.5 Å². The Morgan fingerprint density at radius 2 is 0.540 bits per heavy atom. The molecule has 0 fully saturated rings. The summed E-state index contributed by atoms with van der Waals surface area (Å²) in [4.78, 5) is 72.9. The fourth-order valence-electron chi connectivity index (χ4n) is 9.76. The molecule has 0 bridgehead atoms. The number of unbranched alkanes of at least 4 members (excludes halogenated alkanes) is 23. The molecular weight excluding hydrogens is 1310 g/mol. The quantitative estimate of drug-likeness (QED) is 0.0169. The summed E-state index contributed by atoms with van der Waals surface area (Å²) in [6, 6.07) is 0. The van der Waals surface area contributed by atoms with Gasteiger partial charge in [-0.3, -0.25) is 37.3 Å². The van der Waals surface area contributed by atoms with Gasteiger partial charge in [0.15, 0.2) is 12.2 Å². The zero-order chi connectivity index (χ0) is 73.2. The monoisotopic (exact) mass is 1440 g/mol. The molecule has 572 valence electrons. The number of hydrogen-bond acceptors (Lipinski definition) is 15.